The maximum atomic E-state index is 13.3. The van der Waals surface area contributed by atoms with Crippen LogP contribution in [-0.4, -0.2) is 21.7 Å². The Morgan fingerprint density at radius 3 is 2.60 bits per heavy atom. The Bertz CT molecular complexity index is 330. The van der Waals surface area contributed by atoms with Gasteiger partial charge in [-0.15, -0.1) is 0 Å². The highest BCUT2D eigenvalue weighted by molar-refractivity contribution is 14.1. The van der Waals surface area contributed by atoms with Gasteiger partial charge in [-0.2, -0.15) is 0 Å². The van der Waals surface area contributed by atoms with Gasteiger partial charge in [0.15, 0.2) is 0 Å². The molecule has 1 saturated heterocycles. The largest absolute Gasteiger partial charge is 0.285 e. The van der Waals surface area contributed by atoms with E-state index in [0.717, 1.165) is 17.6 Å². The smallest absolute Gasteiger partial charge is 0.126 e. The van der Waals surface area contributed by atoms with E-state index < -0.39 is 6.17 Å². The van der Waals surface area contributed by atoms with Gasteiger partial charge in [-0.1, -0.05) is 50.7 Å². The molecule has 4 heteroatoms. The normalized spacial score (nSPS) is 27.1. The van der Waals surface area contributed by atoms with Crippen molar-refractivity contribution in [3.63, 3.8) is 0 Å². The molecule has 1 aliphatic heterocycles. The minimum Gasteiger partial charge on any atom is -0.285 e. The van der Waals surface area contributed by atoms with Crippen LogP contribution in [0.1, 0.15) is 12.0 Å². The van der Waals surface area contributed by atoms with Crippen molar-refractivity contribution in [2.75, 3.05) is 6.54 Å². The maximum absolute atomic E-state index is 13.3. The maximum Gasteiger partial charge on any atom is 0.126 e. The molecule has 0 bridgehead atoms. The van der Waals surface area contributed by atoms with E-state index in [2.05, 4.69) is 55.6 Å². The summed E-state index contributed by atoms with van der Waals surface area (Å²) in [4.78, 5) is 2.19. The third-order valence-corrected chi connectivity index (χ3v) is 4.74. The number of hydrogen-bond acceptors (Lipinski definition) is 1. The molecule has 0 radical (unpaired) electrons. The van der Waals surface area contributed by atoms with Gasteiger partial charge in [0.1, 0.15) is 6.17 Å². The third kappa shape index (κ3) is 2.91. The summed E-state index contributed by atoms with van der Waals surface area (Å²) in [5.74, 6) is 0. The number of benzene rings is 1. The Morgan fingerprint density at radius 2 is 2.07 bits per heavy atom. The highest BCUT2D eigenvalue weighted by atomic mass is 127. The van der Waals surface area contributed by atoms with Gasteiger partial charge in [0.2, 0.25) is 0 Å². The van der Waals surface area contributed by atoms with Gasteiger partial charge in [0.25, 0.3) is 0 Å². The molecule has 2 atom stereocenters. The van der Waals surface area contributed by atoms with Crippen molar-refractivity contribution in [2.45, 2.75) is 23.2 Å². The van der Waals surface area contributed by atoms with Crippen LogP contribution in [0, 0.1) is 0 Å². The number of alkyl halides is 2. The fourth-order valence-corrected chi connectivity index (χ4v) is 2.87. The van der Waals surface area contributed by atoms with Gasteiger partial charge in [-0.25, -0.2) is 4.39 Å². The van der Waals surface area contributed by atoms with Crippen LogP contribution in [0.25, 0.3) is 0 Å². The summed E-state index contributed by atoms with van der Waals surface area (Å²) in [6.45, 7) is 1.71. The lowest BCUT2D eigenvalue weighted by atomic mass is 10.2. The van der Waals surface area contributed by atoms with Crippen molar-refractivity contribution in [1.82, 2.24) is 4.90 Å². The fraction of sp³-hybridized carbons (Fsp3) is 0.455. The molecule has 0 spiro atoms. The predicted molar refractivity (Wildman–Crippen MR) is 71.9 cm³/mol. The van der Waals surface area contributed by atoms with Crippen LogP contribution in [-0.2, 0) is 6.54 Å². The molecule has 0 aliphatic carbocycles. The first-order valence-electron chi connectivity index (χ1n) is 4.93. The average molecular weight is 384 g/mol. The quantitative estimate of drug-likeness (QED) is 0.427. The zero-order chi connectivity index (χ0) is 10.8. The molecule has 0 saturated carbocycles. The second kappa shape index (κ2) is 5.10. The molecule has 0 amide bonds. The van der Waals surface area contributed by atoms with E-state index in [1.807, 2.05) is 12.1 Å². The minimum absolute atomic E-state index is 0.0336. The first-order chi connectivity index (χ1) is 7.16. The monoisotopic (exact) mass is 383 g/mol. The lowest BCUT2D eigenvalue weighted by Gasteiger charge is -2.20. The molecule has 1 fully saturated rings. The third-order valence-electron chi connectivity index (χ3n) is 2.64. The van der Waals surface area contributed by atoms with E-state index in [9.17, 15) is 4.39 Å². The topological polar surface area (TPSA) is 3.24 Å². The lowest BCUT2D eigenvalue weighted by molar-refractivity contribution is 0.268. The zero-order valence-corrected chi connectivity index (χ0v) is 11.9. The molecule has 1 heterocycles. The van der Waals surface area contributed by atoms with Gasteiger partial charge >= 0.3 is 0 Å². The van der Waals surface area contributed by atoms with Crippen LogP contribution in [0.3, 0.4) is 0 Å². The van der Waals surface area contributed by atoms with Gasteiger partial charge in [0.05, 0.1) is 4.05 Å². The molecule has 1 aromatic carbocycles. The Hall–Kier alpha value is 0.320. The van der Waals surface area contributed by atoms with E-state index in [1.54, 1.807) is 0 Å². The minimum atomic E-state index is -0.666. The second-order valence-electron chi connectivity index (χ2n) is 3.77. The van der Waals surface area contributed by atoms with Crippen molar-refractivity contribution in [3.8, 4) is 0 Å². The standard InChI is InChI=1S/C11H12BrFIN/c12-9-3-1-8(2-4-9)7-15-6-5-10(13)11(15)14/h1-4,10-11H,5-7H2. The molecule has 1 nitrogen and oxygen atoms in total. The summed E-state index contributed by atoms with van der Waals surface area (Å²) in [6.07, 6.45) is 0.00507. The predicted octanol–water partition coefficient (Wildman–Crippen LogP) is 3.75. The summed E-state index contributed by atoms with van der Waals surface area (Å²) >= 11 is 5.60. The fourth-order valence-electron chi connectivity index (χ4n) is 1.77. The first kappa shape index (κ1) is 11.8. The van der Waals surface area contributed by atoms with Crippen LogP contribution in [0.5, 0.6) is 0 Å². The van der Waals surface area contributed by atoms with Crippen molar-refractivity contribution < 1.29 is 4.39 Å². The highest BCUT2D eigenvalue weighted by Crippen LogP contribution is 2.27. The first-order valence-corrected chi connectivity index (χ1v) is 6.97. The molecule has 82 valence electrons. The van der Waals surface area contributed by atoms with Crippen LogP contribution in [0.2, 0.25) is 0 Å². The molecular formula is C11H12BrFIN. The Balaban J connectivity index is 2.00. The van der Waals surface area contributed by atoms with E-state index in [1.165, 1.54) is 5.56 Å². The summed E-state index contributed by atoms with van der Waals surface area (Å²) in [6, 6.07) is 8.22. The van der Waals surface area contributed by atoms with Gasteiger partial charge < -0.3 is 0 Å². The number of nitrogens with zero attached hydrogens (tertiary/aromatic N) is 1. The van der Waals surface area contributed by atoms with Crippen LogP contribution in [0.15, 0.2) is 28.7 Å². The number of hydrogen-bond donors (Lipinski definition) is 0. The average Bonchev–Trinajstić information content (AvgIpc) is 2.53. The van der Waals surface area contributed by atoms with Crippen molar-refractivity contribution in [1.29, 1.82) is 0 Å². The summed E-state index contributed by atoms with van der Waals surface area (Å²) in [5, 5.41) is 0. The molecule has 2 unspecified atom stereocenters. The highest BCUT2D eigenvalue weighted by Gasteiger charge is 2.31. The summed E-state index contributed by atoms with van der Waals surface area (Å²) in [7, 11) is 0. The molecule has 2 rings (SSSR count). The Morgan fingerprint density at radius 1 is 1.40 bits per heavy atom. The van der Waals surface area contributed by atoms with Crippen molar-refractivity contribution in [3.05, 3.63) is 34.3 Å². The van der Waals surface area contributed by atoms with Crippen LogP contribution in [0.4, 0.5) is 4.39 Å². The Kier molecular flexibility index (Phi) is 4.01. The lowest BCUT2D eigenvalue weighted by Crippen LogP contribution is -2.27. The number of halogens is 3. The molecule has 1 aliphatic rings. The second-order valence-corrected chi connectivity index (χ2v) is 5.97. The molecule has 0 aromatic heterocycles. The zero-order valence-electron chi connectivity index (χ0n) is 8.17. The number of likely N-dealkylation sites (tertiary alicyclic amines) is 1. The van der Waals surface area contributed by atoms with Crippen LogP contribution >= 0.6 is 38.5 Å². The van der Waals surface area contributed by atoms with Crippen molar-refractivity contribution >= 4 is 38.5 Å². The SMILES string of the molecule is FC1CCN(Cc2ccc(Br)cc2)C1I. The van der Waals surface area contributed by atoms with Crippen LogP contribution < -0.4 is 0 Å². The van der Waals surface area contributed by atoms with E-state index in [0.29, 0.717) is 6.42 Å². The van der Waals surface area contributed by atoms with Gasteiger partial charge in [0, 0.05) is 17.6 Å². The van der Waals surface area contributed by atoms with E-state index >= 15 is 0 Å². The van der Waals surface area contributed by atoms with E-state index in [-0.39, 0.29) is 4.05 Å². The Labute approximate surface area is 111 Å². The molecule has 15 heavy (non-hydrogen) atoms. The van der Waals surface area contributed by atoms with Gasteiger partial charge in [-0.3, -0.25) is 4.90 Å². The van der Waals surface area contributed by atoms with Gasteiger partial charge in [-0.05, 0) is 24.1 Å². The molecular weight excluding hydrogens is 372 g/mol. The van der Waals surface area contributed by atoms with E-state index in [4.69, 9.17) is 0 Å². The molecule has 0 N–H and O–H groups in total. The number of rotatable bonds is 2. The summed E-state index contributed by atoms with van der Waals surface area (Å²) in [5.41, 5.74) is 1.24. The molecule has 1 aromatic rings. The summed E-state index contributed by atoms with van der Waals surface area (Å²) < 4.78 is 14.4. The van der Waals surface area contributed by atoms with Crippen molar-refractivity contribution in [2.24, 2.45) is 0 Å².